The number of ether oxygens (including phenoxy) is 1. The van der Waals surface area contributed by atoms with Crippen LogP contribution < -0.4 is 0 Å². The van der Waals surface area contributed by atoms with Crippen LogP contribution in [0.15, 0.2) is 36.1 Å². The number of rotatable bonds is 13. The van der Waals surface area contributed by atoms with Gasteiger partial charge in [0.05, 0.1) is 7.11 Å². The van der Waals surface area contributed by atoms with Gasteiger partial charge < -0.3 is 9.84 Å². The van der Waals surface area contributed by atoms with Gasteiger partial charge >= 0.3 is 5.97 Å². The molecule has 0 amide bonds. The van der Waals surface area contributed by atoms with Gasteiger partial charge in [-0.15, -0.1) is 0 Å². The van der Waals surface area contributed by atoms with E-state index in [0.717, 1.165) is 51.4 Å². The van der Waals surface area contributed by atoms with Crippen molar-refractivity contribution in [2.45, 2.75) is 64.7 Å². The predicted octanol–water partition coefficient (Wildman–Crippen LogP) is 4.81. The number of unbranched alkanes of at least 4 members (excludes halogenated alkanes) is 6. The first-order valence-electron chi connectivity index (χ1n) is 8.44. The Morgan fingerprint density at radius 3 is 2.30 bits per heavy atom. The second kappa shape index (κ2) is 15.1. The molecule has 0 saturated heterocycles. The highest BCUT2D eigenvalue weighted by Gasteiger charge is 1.98. The molecule has 23 heavy (non-hydrogen) atoms. The number of carbonyl (C=O) groups is 2. The van der Waals surface area contributed by atoms with Crippen LogP contribution in [0.4, 0.5) is 0 Å². The van der Waals surface area contributed by atoms with E-state index >= 15 is 0 Å². The SMILES string of the molecule is CCCC/C=C/C(O)=C/C(=O)/C=C/CCCCCCC(=O)OC. The molecule has 0 aromatic carbocycles. The summed E-state index contributed by atoms with van der Waals surface area (Å²) in [6, 6.07) is 0. The number of aliphatic hydroxyl groups excluding tert-OH is 1. The average molecular weight is 322 g/mol. The van der Waals surface area contributed by atoms with Gasteiger partial charge in [0.2, 0.25) is 0 Å². The molecule has 0 spiro atoms. The third-order valence-electron chi connectivity index (χ3n) is 3.31. The zero-order chi connectivity index (χ0) is 17.3. The minimum absolute atomic E-state index is 0.00133. The summed E-state index contributed by atoms with van der Waals surface area (Å²) >= 11 is 0. The van der Waals surface area contributed by atoms with E-state index in [2.05, 4.69) is 11.7 Å². The van der Waals surface area contributed by atoms with Crippen molar-refractivity contribution in [3.8, 4) is 0 Å². The summed E-state index contributed by atoms with van der Waals surface area (Å²) in [5.74, 6) is -0.363. The van der Waals surface area contributed by atoms with Crippen LogP contribution in [0.1, 0.15) is 64.7 Å². The Labute approximate surface area is 139 Å². The maximum absolute atomic E-state index is 11.6. The zero-order valence-corrected chi connectivity index (χ0v) is 14.4. The topological polar surface area (TPSA) is 63.6 Å². The molecule has 0 radical (unpaired) electrons. The van der Waals surface area contributed by atoms with Crippen molar-refractivity contribution >= 4 is 11.8 Å². The first kappa shape index (κ1) is 21.2. The van der Waals surface area contributed by atoms with Gasteiger partial charge in [-0.1, -0.05) is 44.8 Å². The number of aliphatic hydroxyl groups is 1. The van der Waals surface area contributed by atoms with E-state index in [1.165, 1.54) is 19.3 Å². The number of methoxy groups -OCH3 is 1. The van der Waals surface area contributed by atoms with E-state index in [1.54, 1.807) is 6.08 Å². The predicted molar refractivity (Wildman–Crippen MR) is 93.2 cm³/mol. The number of hydrogen-bond donors (Lipinski definition) is 1. The van der Waals surface area contributed by atoms with Crippen molar-refractivity contribution in [1.29, 1.82) is 0 Å². The molecule has 4 heteroatoms. The van der Waals surface area contributed by atoms with Gasteiger partial charge in [-0.3, -0.25) is 9.59 Å². The Balaban J connectivity index is 3.75. The highest BCUT2D eigenvalue weighted by molar-refractivity contribution is 5.99. The summed E-state index contributed by atoms with van der Waals surface area (Å²) < 4.78 is 4.57. The summed E-state index contributed by atoms with van der Waals surface area (Å²) in [4.78, 5) is 22.5. The van der Waals surface area contributed by atoms with E-state index in [4.69, 9.17) is 0 Å². The molecule has 0 fully saturated rings. The number of hydrogen-bond acceptors (Lipinski definition) is 4. The molecule has 130 valence electrons. The first-order valence-corrected chi connectivity index (χ1v) is 8.44. The quantitative estimate of drug-likeness (QED) is 0.174. The minimum atomic E-state index is -0.201. The number of ketones is 1. The van der Waals surface area contributed by atoms with E-state index in [1.807, 2.05) is 12.2 Å². The summed E-state index contributed by atoms with van der Waals surface area (Å²) in [6.07, 6.45) is 16.2. The van der Waals surface area contributed by atoms with Crippen molar-refractivity contribution in [2.24, 2.45) is 0 Å². The van der Waals surface area contributed by atoms with Crippen LogP contribution in [0.5, 0.6) is 0 Å². The second-order valence-electron chi connectivity index (χ2n) is 5.45. The van der Waals surface area contributed by atoms with Gasteiger partial charge in [0, 0.05) is 12.5 Å². The number of esters is 1. The van der Waals surface area contributed by atoms with Gasteiger partial charge in [0.1, 0.15) is 5.76 Å². The fraction of sp³-hybridized carbons (Fsp3) is 0.579. The van der Waals surface area contributed by atoms with Gasteiger partial charge in [0.25, 0.3) is 0 Å². The molecule has 0 aliphatic carbocycles. The third kappa shape index (κ3) is 14.8. The van der Waals surface area contributed by atoms with Crippen LogP contribution in [-0.4, -0.2) is 24.0 Å². The van der Waals surface area contributed by atoms with Crippen LogP contribution in [0, 0.1) is 0 Å². The lowest BCUT2D eigenvalue weighted by Crippen LogP contribution is -1.98. The molecular formula is C19H30O4. The molecule has 0 aromatic heterocycles. The summed E-state index contributed by atoms with van der Waals surface area (Å²) in [6.45, 7) is 2.11. The summed E-state index contributed by atoms with van der Waals surface area (Å²) in [7, 11) is 1.40. The smallest absolute Gasteiger partial charge is 0.305 e. The molecule has 0 bridgehead atoms. The van der Waals surface area contributed by atoms with Crippen molar-refractivity contribution in [2.75, 3.05) is 7.11 Å². The van der Waals surface area contributed by atoms with Crippen LogP contribution >= 0.6 is 0 Å². The molecule has 0 heterocycles. The Morgan fingerprint density at radius 2 is 1.61 bits per heavy atom. The molecule has 0 rings (SSSR count). The molecule has 0 aliphatic heterocycles. The van der Waals surface area contributed by atoms with E-state index in [9.17, 15) is 14.7 Å². The van der Waals surface area contributed by atoms with Crippen LogP contribution in [0.3, 0.4) is 0 Å². The standard InChI is InChI=1S/C19H30O4/c1-3-4-5-10-13-17(20)16-18(21)14-11-8-6-7-9-12-15-19(22)23-2/h10-11,13-14,16,20H,3-9,12,15H2,1-2H3/b13-10+,14-11+,17-16-. The lowest BCUT2D eigenvalue weighted by Gasteiger charge is -1.99. The molecule has 0 aromatic rings. The van der Waals surface area contributed by atoms with E-state index in [0.29, 0.717) is 6.42 Å². The lowest BCUT2D eigenvalue weighted by atomic mass is 10.1. The van der Waals surface area contributed by atoms with Gasteiger partial charge in [-0.25, -0.2) is 0 Å². The fourth-order valence-corrected chi connectivity index (χ4v) is 1.95. The van der Waals surface area contributed by atoms with Crippen molar-refractivity contribution in [1.82, 2.24) is 0 Å². The van der Waals surface area contributed by atoms with Crippen LogP contribution in [-0.2, 0) is 14.3 Å². The van der Waals surface area contributed by atoms with Crippen molar-refractivity contribution in [3.05, 3.63) is 36.1 Å². The van der Waals surface area contributed by atoms with Gasteiger partial charge in [-0.2, -0.15) is 0 Å². The Morgan fingerprint density at radius 1 is 0.957 bits per heavy atom. The Kier molecular flexibility index (Phi) is 13.9. The first-order chi connectivity index (χ1) is 11.1. The Bertz CT molecular complexity index is 419. The number of allylic oxidation sites excluding steroid dienone is 5. The molecule has 1 N–H and O–H groups in total. The van der Waals surface area contributed by atoms with E-state index in [-0.39, 0.29) is 17.5 Å². The second-order valence-corrected chi connectivity index (χ2v) is 5.45. The molecule has 4 nitrogen and oxygen atoms in total. The molecule has 0 atom stereocenters. The lowest BCUT2D eigenvalue weighted by molar-refractivity contribution is -0.140. The normalized spacial score (nSPS) is 12.2. The number of carbonyl (C=O) groups excluding carboxylic acids is 2. The van der Waals surface area contributed by atoms with Gasteiger partial charge in [0.15, 0.2) is 5.78 Å². The third-order valence-corrected chi connectivity index (χ3v) is 3.31. The largest absolute Gasteiger partial charge is 0.508 e. The average Bonchev–Trinajstić information content (AvgIpc) is 2.53. The molecule has 0 unspecified atom stereocenters. The monoisotopic (exact) mass is 322 g/mol. The minimum Gasteiger partial charge on any atom is -0.508 e. The fourth-order valence-electron chi connectivity index (χ4n) is 1.95. The van der Waals surface area contributed by atoms with Crippen molar-refractivity contribution in [3.63, 3.8) is 0 Å². The molecule has 0 aliphatic rings. The van der Waals surface area contributed by atoms with Crippen molar-refractivity contribution < 1.29 is 19.4 Å². The van der Waals surface area contributed by atoms with E-state index < -0.39 is 0 Å². The maximum Gasteiger partial charge on any atom is 0.305 e. The highest BCUT2D eigenvalue weighted by Crippen LogP contribution is 2.06. The molecular weight excluding hydrogens is 292 g/mol. The summed E-state index contributed by atoms with van der Waals surface area (Å²) in [5.41, 5.74) is 0. The van der Waals surface area contributed by atoms with Crippen LogP contribution in [0.2, 0.25) is 0 Å². The zero-order valence-electron chi connectivity index (χ0n) is 14.4. The summed E-state index contributed by atoms with van der Waals surface area (Å²) in [5, 5.41) is 9.57. The maximum atomic E-state index is 11.6. The molecule has 0 saturated carbocycles. The highest BCUT2D eigenvalue weighted by atomic mass is 16.5. The Hall–Kier alpha value is -1.84. The van der Waals surface area contributed by atoms with Crippen LogP contribution in [0.25, 0.3) is 0 Å². The van der Waals surface area contributed by atoms with Gasteiger partial charge in [-0.05, 0) is 37.8 Å².